The van der Waals surface area contributed by atoms with Crippen molar-refractivity contribution in [2.45, 2.75) is 6.92 Å². The molecule has 0 saturated heterocycles. The predicted octanol–water partition coefficient (Wildman–Crippen LogP) is 6.83. The van der Waals surface area contributed by atoms with Gasteiger partial charge < -0.3 is 0 Å². The Bertz CT molecular complexity index is 863. The Balaban J connectivity index is 0.000000197. The summed E-state index contributed by atoms with van der Waals surface area (Å²) in [6.45, 7) is 2.27. The van der Waals surface area contributed by atoms with E-state index in [4.69, 9.17) is 19.1 Å². The minimum atomic E-state index is -0.149. The first-order valence-electron chi connectivity index (χ1n) is 9.85. The number of hydrogen-bond donors (Lipinski definition) is 0. The van der Waals surface area contributed by atoms with E-state index in [2.05, 4.69) is 128 Å². The van der Waals surface area contributed by atoms with Crippen molar-refractivity contribution in [3.63, 3.8) is 0 Å². The molecule has 4 aromatic carbocycles. The van der Waals surface area contributed by atoms with Crippen molar-refractivity contribution in [2.24, 2.45) is 0 Å². The minimum absolute atomic E-state index is 0.106. The van der Waals surface area contributed by atoms with Gasteiger partial charge in [0.1, 0.15) is 0 Å². The number of halogens is 2. The van der Waals surface area contributed by atoms with Crippen molar-refractivity contribution in [1.29, 1.82) is 0 Å². The van der Waals surface area contributed by atoms with Crippen LogP contribution in [-0.2, 0) is 15.9 Å². The van der Waals surface area contributed by atoms with Crippen LogP contribution >= 0.6 is 35.6 Å². The molecule has 5 heteroatoms. The van der Waals surface area contributed by atoms with Gasteiger partial charge >= 0.3 is 35.0 Å². The second-order valence-electron chi connectivity index (χ2n) is 6.32. The SMILES string of the molecule is CCP(c1ccccc1)c1ccccc1.[Cl][Pd][Cl].c1ccc(Pc2ccccc2)cc1. The van der Waals surface area contributed by atoms with E-state index in [0.29, 0.717) is 0 Å². The van der Waals surface area contributed by atoms with Crippen LogP contribution in [-0.4, -0.2) is 6.16 Å². The fraction of sp³-hybridized carbons (Fsp3) is 0.0769. The number of hydrogen-bond acceptors (Lipinski definition) is 0. The van der Waals surface area contributed by atoms with E-state index in [1.54, 1.807) is 0 Å². The van der Waals surface area contributed by atoms with Crippen molar-refractivity contribution in [1.82, 2.24) is 0 Å². The predicted molar refractivity (Wildman–Crippen MR) is 142 cm³/mol. The first kappa shape index (κ1) is 26.2. The third-order valence-electron chi connectivity index (χ3n) is 4.29. The molecule has 0 N–H and O–H groups in total. The molecule has 4 aromatic rings. The zero-order valence-corrected chi connectivity index (χ0v) is 22.2. The van der Waals surface area contributed by atoms with Crippen molar-refractivity contribution < 1.29 is 15.9 Å². The Kier molecular flexibility index (Phi) is 14.0. The summed E-state index contributed by atoms with van der Waals surface area (Å²) in [4.78, 5) is 0. The molecular weight excluding hydrogens is 552 g/mol. The zero-order chi connectivity index (χ0) is 22.2. The molecule has 0 bridgehead atoms. The molecule has 31 heavy (non-hydrogen) atoms. The van der Waals surface area contributed by atoms with E-state index >= 15 is 0 Å². The summed E-state index contributed by atoms with van der Waals surface area (Å²) in [5, 5.41) is 5.74. The molecule has 0 nitrogen and oxygen atoms in total. The standard InChI is InChI=1S/C14H15P.C12H11P.2ClH.Pd/c1-2-15(13-9-5-3-6-10-13)14-11-7-4-8-12-14;1-3-7-11(8-4-1)13-12-9-5-2-6-10-12;;;/h3-12H,2H2,1H3;1-10,13H;2*1H;/q;;;;+2/p-2. The third kappa shape index (κ3) is 10.4. The van der Waals surface area contributed by atoms with Gasteiger partial charge in [0.25, 0.3) is 0 Å². The largest absolute Gasteiger partial charge is 0.0622 e. The summed E-state index contributed by atoms with van der Waals surface area (Å²) < 4.78 is 0. The van der Waals surface area contributed by atoms with Gasteiger partial charge in [0, 0.05) is 0 Å². The maximum Gasteiger partial charge on any atom is -0.0226 e. The molecule has 0 amide bonds. The maximum atomic E-state index is 4.81. The van der Waals surface area contributed by atoms with Crippen molar-refractivity contribution >= 4 is 56.8 Å². The van der Waals surface area contributed by atoms with Crippen LogP contribution in [0.2, 0.25) is 0 Å². The van der Waals surface area contributed by atoms with Crippen LogP contribution in [0.4, 0.5) is 0 Å². The van der Waals surface area contributed by atoms with Crippen molar-refractivity contribution in [2.75, 3.05) is 6.16 Å². The topological polar surface area (TPSA) is 0 Å². The molecular formula is C26H26Cl2P2Pd. The average Bonchev–Trinajstić information content (AvgIpc) is 2.83. The monoisotopic (exact) mass is 576 g/mol. The first-order chi connectivity index (χ1) is 15.3. The molecule has 0 aromatic heterocycles. The van der Waals surface area contributed by atoms with Crippen LogP contribution in [0.25, 0.3) is 0 Å². The van der Waals surface area contributed by atoms with Crippen LogP contribution in [0.15, 0.2) is 121 Å². The quantitative estimate of drug-likeness (QED) is 0.180. The van der Waals surface area contributed by atoms with Crippen LogP contribution < -0.4 is 21.2 Å². The average molecular weight is 578 g/mol. The summed E-state index contributed by atoms with van der Waals surface area (Å²) in [7, 11) is 10.3. The van der Waals surface area contributed by atoms with E-state index in [1.165, 1.54) is 27.4 Å². The molecule has 4 rings (SSSR count). The van der Waals surface area contributed by atoms with Gasteiger partial charge in [-0.1, -0.05) is 137 Å². The number of benzene rings is 4. The zero-order valence-electron chi connectivity index (χ0n) is 17.3. The van der Waals surface area contributed by atoms with Crippen LogP contribution in [0.5, 0.6) is 0 Å². The minimum Gasteiger partial charge on any atom is -0.0622 e. The molecule has 0 aliphatic rings. The van der Waals surface area contributed by atoms with Gasteiger partial charge in [-0.05, 0) is 35.3 Å². The molecule has 0 aliphatic heterocycles. The van der Waals surface area contributed by atoms with Crippen LogP contribution in [0.1, 0.15) is 6.92 Å². The normalized spacial score (nSPS) is 9.94. The Labute approximate surface area is 206 Å². The summed E-state index contributed by atoms with van der Waals surface area (Å²) in [6.07, 6.45) is 1.21. The molecule has 164 valence electrons. The second-order valence-corrected chi connectivity index (χ2v) is 12.6. The van der Waals surface area contributed by atoms with Gasteiger partial charge in [-0.25, -0.2) is 0 Å². The summed E-state index contributed by atoms with van der Waals surface area (Å²) in [5.74, 6) is 0. The maximum absolute atomic E-state index is 4.81. The smallest absolute Gasteiger partial charge is 0.0226 e. The van der Waals surface area contributed by atoms with Crippen molar-refractivity contribution in [3.8, 4) is 0 Å². The van der Waals surface area contributed by atoms with Gasteiger partial charge in [0.15, 0.2) is 0 Å². The Hall–Kier alpha value is -1.02. The number of rotatable bonds is 5. The summed E-state index contributed by atoms with van der Waals surface area (Å²) >= 11 is -0.106. The molecule has 0 heterocycles. The van der Waals surface area contributed by atoms with Gasteiger partial charge in [0.2, 0.25) is 0 Å². The molecule has 0 atom stereocenters. The molecule has 0 radical (unpaired) electrons. The second kappa shape index (κ2) is 16.6. The molecule has 0 saturated carbocycles. The Morgan fingerprint density at radius 2 is 0.871 bits per heavy atom. The van der Waals surface area contributed by atoms with E-state index in [1.807, 2.05) is 0 Å². The van der Waals surface area contributed by atoms with Gasteiger partial charge in [0.05, 0.1) is 0 Å². The first-order valence-corrected chi connectivity index (χ1v) is 16.4. The third-order valence-corrected chi connectivity index (χ3v) is 8.01. The van der Waals surface area contributed by atoms with Crippen LogP contribution in [0, 0.1) is 0 Å². The van der Waals surface area contributed by atoms with E-state index in [-0.39, 0.29) is 23.9 Å². The molecule has 0 unspecified atom stereocenters. The van der Waals surface area contributed by atoms with E-state index in [9.17, 15) is 0 Å². The molecule has 0 fully saturated rings. The summed E-state index contributed by atoms with van der Waals surface area (Å²) in [6, 6.07) is 42.8. The Morgan fingerprint density at radius 3 is 1.16 bits per heavy atom. The Morgan fingerprint density at radius 1 is 0.581 bits per heavy atom. The van der Waals surface area contributed by atoms with Gasteiger partial charge in [-0.2, -0.15) is 0 Å². The summed E-state index contributed by atoms with van der Waals surface area (Å²) in [5.41, 5.74) is 0. The van der Waals surface area contributed by atoms with Crippen LogP contribution in [0.3, 0.4) is 0 Å². The molecule has 0 aliphatic carbocycles. The fourth-order valence-corrected chi connectivity index (χ4v) is 6.08. The molecule has 0 spiro atoms. The van der Waals surface area contributed by atoms with E-state index in [0.717, 1.165) is 8.58 Å². The fourth-order valence-electron chi connectivity index (χ4n) is 2.94. The van der Waals surface area contributed by atoms with Gasteiger partial charge in [-0.3, -0.25) is 0 Å². The van der Waals surface area contributed by atoms with Crippen molar-refractivity contribution in [3.05, 3.63) is 121 Å². The van der Waals surface area contributed by atoms with Gasteiger partial charge in [-0.15, -0.1) is 0 Å². The van der Waals surface area contributed by atoms with E-state index < -0.39 is 0 Å².